The van der Waals surface area contributed by atoms with Gasteiger partial charge in [-0.3, -0.25) is 0 Å². The molecule has 0 aliphatic carbocycles. The minimum absolute atomic E-state index is 0.592. The second-order valence-electron chi connectivity index (χ2n) is 3.52. The average molecular weight is 233 g/mol. The monoisotopic (exact) mass is 233 g/mol. The number of hydrogen-bond acceptors (Lipinski definition) is 2. The van der Waals surface area contributed by atoms with Gasteiger partial charge in [-0.05, 0) is 43.3 Å². The van der Waals surface area contributed by atoms with Crippen LogP contribution in [-0.2, 0) is 0 Å². The SMILES string of the molecule is CCCNC(=S)Nc1ccc(C)c(C#N)c1. The van der Waals surface area contributed by atoms with E-state index in [2.05, 4.69) is 23.6 Å². The van der Waals surface area contributed by atoms with Crippen molar-refractivity contribution in [2.24, 2.45) is 0 Å². The van der Waals surface area contributed by atoms with Gasteiger partial charge >= 0.3 is 0 Å². The molecule has 3 nitrogen and oxygen atoms in total. The van der Waals surface area contributed by atoms with Crippen molar-refractivity contribution in [3.63, 3.8) is 0 Å². The summed E-state index contributed by atoms with van der Waals surface area (Å²) in [6, 6.07) is 7.77. The maximum atomic E-state index is 8.89. The van der Waals surface area contributed by atoms with Crippen LogP contribution in [-0.4, -0.2) is 11.7 Å². The average Bonchev–Trinajstić information content (AvgIpc) is 2.29. The van der Waals surface area contributed by atoms with Gasteiger partial charge in [0.25, 0.3) is 0 Å². The number of nitrogens with one attached hydrogen (secondary N) is 2. The van der Waals surface area contributed by atoms with Crippen LogP contribution in [0.5, 0.6) is 0 Å². The summed E-state index contributed by atoms with van der Waals surface area (Å²) >= 11 is 5.11. The van der Waals surface area contributed by atoms with Crippen LogP contribution < -0.4 is 10.6 Å². The van der Waals surface area contributed by atoms with Crippen LogP contribution in [0, 0.1) is 18.3 Å². The maximum Gasteiger partial charge on any atom is 0.170 e. The lowest BCUT2D eigenvalue weighted by Gasteiger charge is -2.10. The summed E-state index contributed by atoms with van der Waals surface area (Å²) in [5.74, 6) is 0. The topological polar surface area (TPSA) is 47.8 Å². The third kappa shape index (κ3) is 3.52. The highest BCUT2D eigenvalue weighted by molar-refractivity contribution is 7.80. The fourth-order valence-corrected chi connectivity index (χ4v) is 1.45. The highest BCUT2D eigenvalue weighted by atomic mass is 32.1. The molecule has 16 heavy (non-hydrogen) atoms. The Morgan fingerprint density at radius 3 is 2.88 bits per heavy atom. The Morgan fingerprint density at radius 1 is 1.50 bits per heavy atom. The summed E-state index contributed by atoms with van der Waals surface area (Å²) in [4.78, 5) is 0. The summed E-state index contributed by atoms with van der Waals surface area (Å²) in [6.07, 6.45) is 1.03. The van der Waals surface area contributed by atoms with Gasteiger partial charge in [0.1, 0.15) is 0 Å². The standard InChI is InChI=1S/C12H15N3S/c1-3-6-14-12(16)15-11-5-4-9(2)10(7-11)8-13/h4-5,7H,3,6H2,1-2H3,(H2,14,15,16). The Kier molecular flexibility index (Phi) is 4.74. The Hall–Kier alpha value is -1.60. The van der Waals surface area contributed by atoms with Crippen LogP contribution in [0.2, 0.25) is 0 Å². The molecule has 0 amide bonds. The maximum absolute atomic E-state index is 8.89. The molecule has 0 spiro atoms. The van der Waals surface area contributed by atoms with Gasteiger partial charge in [0.2, 0.25) is 0 Å². The smallest absolute Gasteiger partial charge is 0.170 e. The number of rotatable bonds is 3. The lowest BCUT2D eigenvalue weighted by atomic mass is 10.1. The van der Waals surface area contributed by atoms with E-state index in [1.165, 1.54) is 0 Å². The highest BCUT2D eigenvalue weighted by Crippen LogP contribution is 2.14. The molecule has 0 radical (unpaired) electrons. The van der Waals surface area contributed by atoms with Crippen molar-refractivity contribution in [1.29, 1.82) is 5.26 Å². The van der Waals surface area contributed by atoms with E-state index >= 15 is 0 Å². The lowest BCUT2D eigenvalue weighted by Crippen LogP contribution is -2.28. The molecule has 0 aromatic heterocycles. The minimum atomic E-state index is 0.592. The highest BCUT2D eigenvalue weighted by Gasteiger charge is 2.00. The van der Waals surface area contributed by atoms with E-state index < -0.39 is 0 Å². The van der Waals surface area contributed by atoms with Gasteiger partial charge in [-0.1, -0.05) is 13.0 Å². The quantitative estimate of drug-likeness (QED) is 0.788. The zero-order valence-corrected chi connectivity index (χ0v) is 10.3. The van der Waals surface area contributed by atoms with Gasteiger partial charge < -0.3 is 10.6 Å². The zero-order chi connectivity index (χ0) is 12.0. The molecular weight excluding hydrogens is 218 g/mol. The molecule has 4 heteroatoms. The molecule has 0 aliphatic rings. The Balaban J connectivity index is 2.68. The molecule has 2 N–H and O–H groups in total. The van der Waals surface area contributed by atoms with E-state index in [9.17, 15) is 0 Å². The van der Waals surface area contributed by atoms with Crippen LogP contribution in [0.25, 0.3) is 0 Å². The molecule has 0 atom stereocenters. The lowest BCUT2D eigenvalue weighted by molar-refractivity contribution is 0.846. The van der Waals surface area contributed by atoms with E-state index in [-0.39, 0.29) is 0 Å². The largest absolute Gasteiger partial charge is 0.362 e. The molecule has 0 heterocycles. The predicted octanol–water partition coefficient (Wildman–Crippen LogP) is 2.56. The van der Waals surface area contributed by atoms with E-state index in [4.69, 9.17) is 17.5 Å². The van der Waals surface area contributed by atoms with Crippen LogP contribution >= 0.6 is 12.2 Å². The zero-order valence-electron chi connectivity index (χ0n) is 9.50. The molecule has 1 aromatic rings. The number of thiocarbonyl (C=S) groups is 1. The summed E-state index contributed by atoms with van der Waals surface area (Å²) in [5.41, 5.74) is 2.49. The third-order valence-corrected chi connectivity index (χ3v) is 2.40. The Morgan fingerprint density at radius 2 is 2.25 bits per heavy atom. The third-order valence-electron chi connectivity index (χ3n) is 2.15. The first-order valence-corrected chi connectivity index (χ1v) is 5.63. The van der Waals surface area contributed by atoms with E-state index in [1.807, 2.05) is 19.1 Å². The fraction of sp³-hybridized carbons (Fsp3) is 0.333. The normalized spacial score (nSPS) is 9.31. The summed E-state index contributed by atoms with van der Waals surface area (Å²) in [6.45, 7) is 4.84. The number of aryl methyl sites for hydroxylation is 1. The molecule has 1 aromatic carbocycles. The van der Waals surface area contributed by atoms with E-state index in [0.717, 1.165) is 24.2 Å². The molecule has 84 valence electrons. The second-order valence-corrected chi connectivity index (χ2v) is 3.93. The minimum Gasteiger partial charge on any atom is -0.362 e. The van der Waals surface area contributed by atoms with Crippen molar-refractivity contribution < 1.29 is 0 Å². The summed E-state index contributed by atoms with van der Waals surface area (Å²) in [7, 11) is 0. The predicted molar refractivity (Wildman–Crippen MR) is 70.4 cm³/mol. The van der Waals surface area contributed by atoms with Gasteiger partial charge in [-0.25, -0.2) is 0 Å². The van der Waals surface area contributed by atoms with Crippen LogP contribution in [0.1, 0.15) is 24.5 Å². The van der Waals surface area contributed by atoms with Crippen molar-refractivity contribution >= 4 is 23.0 Å². The number of nitrogens with zero attached hydrogens (tertiary/aromatic N) is 1. The molecule has 0 bridgehead atoms. The molecule has 0 saturated heterocycles. The molecule has 0 unspecified atom stereocenters. The van der Waals surface area contributed by atoms with Crippen molar-refractivity contribution in [3.05, 3.63) is 29.3 Å². The van der Waals surface area contributed by atoms with Gasteiger partial charge in [-0.2, -0.15) is 5.26 Å². The van der Waals surface area contributed by atoms with Crippen LogP contribution in [0.3, 0.4) is 0 Å². The molecule has 1 rings (SSSR count). The van der Waals surface area contributed by atoms with E-state index in [0.29, 0.717) is 10.7 Å². The first-order valence-electron chi connectivity index (χ1n) is 5.23. The fourth-order valence-electron chi connectivity index (χ4n) is 1.23. The molecule has 0 aliphatic heterocycles. The van der Waals surface area contributed by atoms with Crippen molar-refractivity contribution in [2.75, 3.05) is 11.9 Å². The number of hydrogen-bond donors (Lipinski definition) is 2. The van der Waals surface area contributed by atoms with Crippen molar-refractivity contribution in [2.45, 2.75) is 20.3 Å². The van der Waals surface area contributed by atoms with Crippen molar-refractivity contribution in [3.8, 4) is 6.07 Å². The van der Waals surface area contributed by atoms with Crippen LogP contribution in [0.4, 0.5) is 5.69 Å². The van der Waals surface area contributed by atoms with Crippen molar-refractivity contribution in [1.82, 2.24) is 5.32 Å². The summed E-state index contributed by atoms with van der Waals surface area (Å²) < 4.78 is 0. The van der Waals surface area contributed by atoms with Gasteiger partial charge in [0.05, 0.1) is 11.6 Å². The number of benzene rings is 1. The first-order chi connectivity index (χ1) is 7.67. The number of nitriles is 1. The molecule has 0 fully saturated rings. The Labute approximate surface area is 101 Å². The Bertz CT molecular complexity index is 421. The first kappa shape index (κ1) is 12.5. The van der Waals surface area contributed by atoms with Crippen LogP contribution in [0.15, 0.2) is 18.2 Å². The van der Waals surface area contributed by atoms with E-state index in [1.54, 1.807) is 6.07 Å². The van der Waals surface area contributed by atoms with Gasteiger partial charge in [0.15, 0.2) is 5.11 Å². The molecule has 0 saturated carbocycles. The number of anilines is 1. The summed E-state index contributed by atoms with van der Waals surface area (Å²) in [5, 5.41) is 15.6. The second kappa shape index (κ2) is 6.09. The molecular formula is C12H15N3S. The van der Waals surface area contributed by atoms with Gasteiger partial charge in [-0.15, -0.1) is 0 Å². The van der Waals surface area contributed by atoms with Gasteiger partial charge in [0, 0.05) is 12.2 Å².